The minimum absolute atomic E-state index is 0.183. The van der Waals surface area contributed by atoms with Gasteiger partial charge in [0.25, 0.3) is 0 Å². The number of nitrogens with zero attached hydrogens (tertiary/aromatic N) is 1. The highest BCUT2D eigenvalue weighted by Gasteiger charge is 2.07. The normalized spacial score (nSPS) is 10.5. The quantitative estimate of drug-likeness (QED) is 0.815. The number of carbonyl (C=O) groups is 1. The summed E-state index contributed by atoms with van der Waals surface area (Å²) >= 11 is 1.37. The van der Waals surface area contributed by atoms with Crippen LogP contribution in [0.4, 0.5) is 0 Å². The van der Waals surface area contributed by atoms with Crippen molar-refractivity contribution in [2.75, 3.05) is 0 Å². The number of aromatic nitrogens is 1. The number of aromatic hydroxyl groups is 1. The van der Waals surface area contributed by atoms with E-state index in [-0.39, 0.29) is 5.88 Å². The number of aryl methyl sites for hydroxylation is 1. The topological polar surface area (TPSA) is 72.4 Å². The Hall–Kier alpha value is -1.82. The monoisotopic (exact) mass is 239 g/mol. The Morgan fingerprint density at radius 3 is 2.88 bits per heavy atom. The van der Waals surface area contributed by atoms with Gasteiger partial charge in [-0.3, -0.25) is 4.79 Å². The molecule has 0 atom stereocenters. The second-order valence-corrected chi connectivity index (χ2v) is 4.38. The van der Waals surface area contributed by atoms with Crippen LogP contribution in [0.15, 0.2) is 27.6 Å². The summed E-state index contributed by atoms with van der Waals surface area (Å²) in [5.41, 5.74) is 0. The Balaban J connectivity index is 2.07. The van der Waals surface area contributed by atoms with Crippen molar-refractivity contribution in [1.29, 1.82) is 0 Å². The highest BCUT2D eigenvalue weighted by atomic mass is 32.1. The highest BCUT2D eigenvalue weighted by Crippen LogP contribution is 2.16. The van der Waals surface area contributed by atoms with E-state index >= 15 is 0 Å². The summed E-state index contributed by atoms with van der Waals surface area (Å²) in [6, 6.07) is 3.56. The molecule has 84 valence electrons. The minimum atomic E-state index is -0.579. The van der Waals surface area contributed by atoms with Crippen molar-refractivity contribution in [3.8, 4) is 5.88 Å². The molecule has 2 aromatic heterocycles. The van der Waals surface area contributed by atoms with Gasteiger partial charge < -0.3 is 9.52 Å². The van der Waals surface area contributed by atoms with Crippen LogP contribution in [0.2, 0.25) is 0 Å². The van der Waals surface area contributed by atoms with Crippen LogP contribution in [0.3, 0.4) is 0 Å². The first-order valence-corrected chi connectivity index (χ1v) is 5.43. The van der Waals surface area contributed by atoms with Gasteiger partial charge in [-0.15, -0.1) is 11.3 Å². The van der Waals surface area contributed by atoms with Crippen molar-refractivity contribution >= 4 is 17.6 Å². The van der Waals surface area contributed by atoms with Gasteiger partial charge in [0.1, 0.15) is 0 Å². The van der Waals surface area contributed by atoms with E-state index in [2.05, 4.69) is 4.42 Å². The molecule has 0 aliphatic rings. The molecule has 1 N–H and O–H groups in total. The van der Waals surface area contributed by atoms with Crippen molar-refractivity contribution in [2.24, 2.45) is 0 Å². The van der Waals surface area contributed by atoms with Crippen LogP contribution >= 0.6 is 11.3 Å². The molecule has 0 unspecified atom stereocenters. The summed E-state index contributed by atoms with van der Waals surface area (Å²) in [5.74, 6) is -0.762. The molecule has 0 aromatic carbocycles. The third-order valence-electron chi connectivity index (χ3n) is 2.14. The van der Waals surface area contributed by atoms with Gasteiger partial charge in [0.2, 0.25) is 5.88 Å². The van der Waals surface area contributed by atoms with Gasteiger partial charge >= 0.3 is 5.76 Å². The molecule has 0 amide bonds. The van der Waals surface area contributed by atoms with E-state index in [4.69, 9.17) is 0 Å². The van der Waals surface area contributed by atoms with E-state index < -0.39 is 5.76 Å². The maximum Gasteiger partial charge on any atom is 0.421 e. The van der Waals surface area contributed by atoms with Gasteiger partial charge in [0.05, 0.1) is 4.88 Å². The summed E-state index contributed by atoms with van der Waals surface area (Å²) in [6.07, 6.45) is 2.37. The fraction of sp³-hybridized carbons (Fsp3) is 0.200. The van der Waals surface area contributed by atoms with E-state index in [1.54, 1.807) is 6.07 Å². The van der Waals surface area contributed by atoms with Crippen molar-refractivity contribution in [3.63, 3.8) is 0 Å². The maximum atomic E-state index is 11.1. The molecule has 6 heteroatoms. The SMILES string of the molecule is O=Cc1ccc(CCn2c(O)coc2=O)s1. The summed E-state index contributed by atoms with van der Waals surface area (Å²) in [6.45, 7) is 0.333. The second kappa shape index (κ2) is 4.36. The van der Waals surface area contributed by atoms with E-state index in [9.17, 15) is 14.7 Å². The third-order valence-corrected chi connectivity index (χ3v) is 3.21. The molecule has 2 heterocycles. The van der Waals surface area contributed by atoms with Crippen LogP contribution < -0.4 is 5.76 Å². The second-order valence-electron chi connectivity index (χ2n) is 3.18. The van der Waals surface area contributed by atoms with Crippen molar-refractivity contribution < 1.29 is 14.3 Å². The first kappa shape index (κ1) is 10.7. The van der Waals surface area contributed by atoms with Crippen LogP contribution in [-0.4, -0.2) is 16.0 Å². The van der Waals surface area contributed by atoms with Crippen LogP contribution in [0.5, 0.6) is 5.88 Å². The number of hydrogen-bond acceptors (Lipinski definition) is 5. The van der Waals surface area contributed by atoms with Gasteiger partial charge in [-0.05, 0) is 12.1 Å². The van der Waals surface area contributed by atoms with Gasteiger partial charge in [-0.2, -0.15) is 0 Å². The first-order chi connectivity index (χ1) is 7.70. The smallest absolute Gasteiger partial charge is 0.421 e. The van der Waals surface area contributed by atoms with E-state index in [0.717, 1.165) is 22.0 Å². The van der Waals surface area contributed by atoms with Crippen molar-refractivity contribution in [2.45, 2.75) is 13.0 Å². The predicted octanol–water partition coefficient (Wildman–Crippen LogP) is 1.26. The fourth-order valence-corrected chi connectivity index (χ4v) is 2.16. The zero-order chi connectivity index (χ0) is 11.5. The first-order valence-electron chi connectivity index (χ1n) is 4.62. The molecule has 16 heavy (non-hydrogen) atoms. The standard InChI is InChI=1S/C10H9NO4S/c12-5-8-2-1-7(16-8)3-4-11-9(13)6-15-10(11)14/h1-2,5-6,13H,3-4H2. The van der Waals surface area contributed by atoms with Crippen LogP contribution in [0.25, 0.3) is 0 Å². The molecule has 0 radical (unpaired) electrons. The third kappa shape index (κ3) is 2.06. The van der Waals surface area contributed by atoms with E-state index in [1.807, 2.05) is 6.07 Å². The average molecular weight is 239 g/mol. The van der Waals surface area contributed by atoms with Gasteiger partial charge in [-0.25, -0.2) is 9.36 Å². The van der Waals surface area contributed by atoms with Crippen LogP contribution in [0.1, 0.15) is 14.5 Å². The molecular weight excluding hydrogens is 230 g/mol. The predicted molar refractivity (Wildman–Crippen MR) is 58.0 cm³/mol. The number of rotatable bonds is 4. The molecule has 0 spiro atoms. The average Bonchev–Trinajstić information content (AvgIpc) is 2.85. The Kier molecular flexibility index (Phi) is 2.91. The van der Waals surface area contributed by atoms with E-state index in [0.29, 0.717) is 17.8 Å². The number of thiophene rings is 1. The summed E-state index contributed by atoms with van der Waals surface area (Å²) in [5, 5.41) is 9.28. The highest BCUT2D eigenvalue weighted by molar-refractivity contribution is 7.13. The fourth-order valence-electron chi connectivity index (χ4n) is 1.34. The Labute approximate surface area is 94.6 Å². The Morgan fingerprint density at radius 1 is 1.50 bits per heavy atom. The van der Waals surface area contributed by atoms with E-state index in [1.165, 1.54) is 11.3 Å². The molecule has 0 aliphatic heterocycles. The molecule has 0 saturated carbocycles. The summed E-state index contributed by atoms with van der Waals surface area (Å²) in [4.78, 5) is 23.2. The lowest BCUT2D eigenvalue weighted by molar-refractivity contribution is 0.112. The van der Waals surface area contributed by atoms with Crippen molar-refractivity contribution in [1.82, 2.24) is 4.57 Å². The van der Waals surface area contributed by atoms with Gasteiger partial charge in [0.15, 0.2) is 12.5 Å². The lowest BCUT2D eigenvalue weighted by Crippen LogP contribution is -2.14. The van der Waals surface area contributed by atoms with Gasteiger partial charge in [0, 0.05) is 17.8 Å². The Morgan fingerprint density at radius 2 is 2.31 bits per heavy atom. The lowest BCUT2D eigenvalue weighted by Gasteiger charge is -1.99. The van der Waals surface area contributed by atoms with Crippen molar-refractivity contribution in [3.05, 3.63) is 38.7 Å². The molecule has 2 aromatic rings. The van der Waals surface area contributed by atoms with Gasteiger partial charge in [-0.1, -0.05) is 0 Å². The Bertz CT molecular complexity index is 551. The number of oxazole rings is 1. The maximum absolute atomic E-state index is 11.1. The molecule has 0 bridgehead atoms. The molecule has 2 rings (SSSR count). The number of hydrogen-bond donors (Lipinski definition) is 1. The van der Waals surface area contributed by atoms with Crippen LogP contribution in [-0.2, 0) is 13.0 Å². The lowest BCUT2D eigenvalue weighted by atomic mass is 10.3. The van der Waals surface area contributed by atoms with Crippen LogP contribution in [0, 0.1) is 0 Å². The largest absolute Gasteiger partial charge is 0.492 e. The number of carbonyl (C=O) groups excluding carboxylic acids is 1. The zero-order valence-corrected chi connectivity index (χ0v) is 9.07. The summed E-state index contributed by atoms with van der Waals surface area (Å²) in [7, 11) is 0. The zero-order valence-electron chi connectivity index (χ0n) is 8.25. The molecular formula is C10H9NO4S. The number of aldehydes is 1. The summed E-state index contributed by atoms with van der Waals surface area (Å²) < 4.78 is 5.65. The molecule has 0 saturated heterocycles. The minimum Gasteiger partial charge on any atom is -0.492 e. The molecule has 5 nitrogen and oxygen atoms in total. The molecule has 0 fully saturated rings. The molecule has 0 aliphatic carbocycles.